The largest absolute Gasteiger partial charge is 0.345 e. The summed E-state index contributed by atoms with van der Waals surface area (Å²) in [4.78, 5) is 4.36. The van der Waals surface area contributed by atoms with Crippen LogP contribution in [0.25, 0.3) is 0 Å². The molecular weight excluding hydrogens is 150 g/mol. The van der Waals surface area contributed by atoms with Crippen LogP contribution >= 0.6 is 0 Å². The Hall–Kier alpha value is -1.56. The Bertz CT molecular complexity index is 317. The number of nitriles is 1. The molecule has 0 amide bonds. The average Bonchev–Trinajstić information content (AvgIpc) is 2.47. The van der Waals surface area contributed by atoms with Crippen LogP contribution in [-0.4, -0.2) is 11.9 Å². The van der Waals surface area contributed by atoms with Gasteiger partial charge in [0.1, 0.15) is 5.84 Å². The molecule has 0 fully saturated rings. The van der Waals surface area contributed by atoms with Crippen LogP contribution in [0.1, 0.15) is 12.8 Å². The van der Waals surface area contributed by atoms with E-state index < -0.39 is 0 Å². The number of nitrogens with zero attached hydrogens (tertiary/aromatic N) is 2. The predicted molar refractivity (Wildman–Crippen MR) is 46.4 cm³/mol. The third kappa shape index (κ3) is 1.12. The van der Waals surface area contributed by atoms with Gasteiger partial charge in [0.05, 0.1) is 18.5 Å². The van der Waals surface area contributed by atoms with Crippen molar-refractivity contribution in [1.82, 2.24) is 5.32 Å². The Morgan fingerprint density at radius 1 is 1.75 bits per heavy atom. The topological polar surface area (TPSA) is 48.2 Å². The molecule has 1 N–H and O–H groups in total. The fraction of sp³-hybridized carbons (Fsp3) is 0.333. The first-order valence-corrected chi connectivity index (χ1v) is 3.97. The predicted octanol–water partition coefficient (Wildman–Crippen LogP) is 1.11. The van der Waals surface area contributed by atoms with Crippen LogP contribution in [0.4, 0.5) is 0 Å². The van der Waals surface area contributed by atoms with Gasteiger partial charge in [-0.3, -0.25) is 4.99 Å². The van der Waals surface area contributed by atoms with Crippen LogP contribution in [0.2, 0.25) is 0 Å². The highest BCUT2D eigenvalue weighted by Crippen LogP contribution is 2.19. The van der Waals surface area contributed by atoms with Crippen LogP contribution in [0.3, 0.4) is 0 Å². The van der Waals surface area contributed by atoms with Gasteiger partial charge in [0.15, 0.2) is 0 Å². The zero-order chi connectivity index (χ0) is 8.39. The lowest BCUT2D eigenvalue weighted by Crippen LogP contribution is -2.19. The zero-order valence-electron chi connectivity index (χ0n) is 6.62. The maximum atomic E-state index is 8.45. The summed E-state index contributed by atoms with van der Waals surface area (Å²) in [5, 5.41) is 11.6. The molecule has 3 heteroatoms. The second kappa shape index (κ2) is 2.82. The van der Waals surface area contributed by atoms with Gasteiger partial charge >= 0.3 is 0 Å². The number of rotatable bonds is 1. The molecular formula is C9H9N3. The molecule has 3 nitrogen and oxygen atoms in total. The summed E-state index contributed by atoms with van der Waals surface area (Å²) < 4.78 is 0. The molecule has 0 saturated carbocycles. The van der Waals surface area contributed by atoms with E-state index in [-0.39, 0.29) is 6.04 Å². The van der Waals surface area contributed by atoms with E-state index in [0.29, 0.717) is 6.42 Å². The maximum Gasteiger partial charge on any atom is 0.116 e. The van der Waals surface area contributed by atoms with E-state index in [9.17, 15) is 0 Å². The van der Waals surface area contributed by atoms with Gasteiger partial charge in [-0.1, -0.05) is 12.2 Å². The van der Waals surface area contributed by atoms with Gasteiger partial charge < -0.3 is 5.32 Å². The van der Waals surface area contributed by atoms with Crippen molar-refractivity contribution in [3.63, 3.8) is 0 Å². The summed E-state index contributed by atoms with van der Waals surface area (Å²) in [5.41, 5.74) is 1.13. The van der Waals surface area contributed by atoms with Crippen molar-refractivity contribution >= 4 is 5.84 Å². The van der Waals surface area contributed by atoms with E-state index in [1.807, 2.05) is 12.2 Å². The number of nitrogens with one attached hydrogen (secondary N) is 1. The van der Waals surface area contributed by atoms with Gasteiger partial charge in [-0.15, -0.1) is 0 Å². The number of hydrogen-bond donors (Lipinski definition) is 1. The number of hydrogen-bond acceptors (Lipinski definition) is 3. The average molecular weight is 159 g/mol. The monoisotopic (exact) mass is 159 g/mol. The van der Waals surface area contributed by atoms with Crippen LogP contribution in [-0.2, 0) is 0 Å². The maximum absolute atomic E-state index is 8.45. The van der Waals surface area contributed by atoms with Crippen molar-refractivity contribution in [3.05, 3.63) is 23.9 Å². The van der Waals surface area contributed by atoms with Gasteiger partial charge in [0, 0.05) is 5.70 Å². The summed E-state index contributed by atoms with van der Waals surface area (Å²) in [5.74, 6) is 0.803. The van der Waals surface area contributed by atoms with Crippen molar-refractivity contribution in [1.29, 1.82) is 5.26 Å². The fourth-order valence-electron chi connectivity index (χ4n) is 1.42. The minimum absolute atomic E-state index is 0.248. The first-order valence-electron chi connectivity index (χ1n) is 3.97. The molecule has 1 aliphatic carbocycles. The normalized spacial score (nSPS) is 25.1. The van der Waals surface area contributed by atoms with E-state index in [0.717, 1.165) is 18.0 Å². The second-order valence-electron chi connectivity index (χ2n) is 2.84. The van der Waals surface area contributed by atoms with Gasteiger partial charge in [0.2, 0.25) is 0 Å². The lowest BCUT2D eigenvalue weighted by molar-refractivity contribution is 0.784. The molecule has 2 rings (SSSR count). The number of aliphatic imine (C=N–C) groups is 1. The molecule has 1 unspecified atom stereocenters. The van der Waals surface area contributed by atoms with E-state index >= 15 is 0 Å². The lowest BCUT2D eigenvalue weighted by Gasteiger charge is -2.09. The van der Waals surface area contributed by atoms with Crippen molar-refractivity contribution < 1.29 is 0 Å². The highest BCUT2D eigenvalue weighted by atomic mass is 15.1. The molecule has 0 saturated heterocycles. The van der Waals surface area contributed by atoms with E-state index in [1.54, 1.807) is 0 Å². The molecule has 0 aromatic rings. The molecule has 0 aromatic carbocycles. The second-order valence-corrected chi connectivity index (χ2v) is 2.84. The first-order chi connectivity index (χ1) is 5.90. The molecule has 2 aliphatic rings. The summed E-state index contributed by atoms with van der Waals surface area (Å²) in [7, 11) is 0. The fourth-order valence-corrected chi connectivity index (χ4v) is 1.42. The summed E-state index contributed by atoms with van der Waals surface area (Å²) in [6.07, 6.45) is 7.46. The van der Waals surface area contributed by atoms with Crippen molar-refractivity contribution in [2.45, 2.75) is 18.9 Å². The Morgan fingerprint density at radius 3 is 3.42 bits per heavy atom. The van der Waals surface area contributed by atoms with E-state index in [2.05, 4.69) is 22.5 Å². The van der Waals surface area contributed by atoms with E-state index in [1.165, 1.54) is 0 Å². The molecule has 1 heterocycles. The van der Waals surface area contributed by atoms with Crippen molar-refractivity contribution in [2.75, 3.05) is 0 Å². The molecule has 1 atom stereocenters. The Morgan fingerprint density at radius 2 is 2.67 bits per heavy atom. The number of amidine groups is 1. The smallest absolute Gasteiger partial charge is 0.116 e. The Balaban J connectivity index is 2.14. The third-order valence-electron chi connectivity index (χ3n) is 1.98. The molecule has 1 aliphatic heterocycles. The molecule has 60 valence electrons. The molecule has 0 radical (unpaired) electrons. The van der Waals surface area contributed by atoms with Crippen LogP contribution in [0, 0.1) is 11.3 Å². The van der Waals surface area contributed by atoms with Crippen molar-refractivity contribution in [2.24, 2.45) is 4.99 Å². The standard InChI is InChI=1S/C9H9N3/c10-6-5-9-11-7-3-1-2-4-8(7)12-9/h1-3,8H,4-5H2,(H,11,12). The van der Waals surface area contributed by atoms with Crippen LogP contribution in [0.5, 0.6) is 0 Å². The van der Waals surface area contributed by atoms with Crippen LogP contribution in [0.15, 0.2) is 28.9 Å². The Kier molecular flexibility index (Phi) is 1.67. The number of fused-ring (bicyclic) bond motifs is 1. The van der Waals surface area contributed by atoms with Crippen LogP contribution < -0.4 is 5.32 Å². The molecule has 0 spiro atoms. The van der Waals surface area contributed by atoms with Crippen molar-refractivity contribution in [3.8, 4) is 6.07 Å². The minimum atomic E-state index is 0.248. The third-order valence-corrected chi connectivity index (χ3v) is 1.98. The minimum Gasteiger partial charge on any atom is -0.345 e. The van der Waals surface area contributed by atoms with Gasteiger partial charge in [-0.2, -0.15) is 5.26 Å². The SMILES string of the molecule is N#CCC1=NC2CC=CC=C2N1. The number of allylic oxidation sites excluding steroid dienone is 2. The first kappa shape index (κ1) is 7.11. The highest BCUT2D eigenvalue weighted by molar-refractivity contribution is 5.88. The van der Waals surface area contributed by atoms with Gasteiger partial charge in [-0.05, 0) is 12.5 Å². The quantitative estimate of drug-likeness (QED) is 0.623. The zero-order valence-corrected chi connectivity index (χ0v) is 6.62. The summed E-state index contributed by atoms with van der Waals surface area (Å²) in [6.45, 7) is 0. The van der Waals surface area contributed by atoms with E-state index in [4.69, 9.17) is 5.26 Å². The Labute approximate surface area is 71.1 Å². The summed E-state index contributed by atoms with van der Waals surface area (Å²) in [6, 6.07) is 2.33. The lowest BCUT2D eigenvalue weighted by atomic mass is 10.1. The molecule has 0 aromatic heterocycles. The summed E-state index contributed by atoms with van der Waals surface area (Å²) >= 11 is 0. The van der Waals surface area contributed by atoms with Gasteiger partial charge in [0.25, 0.3) is 0 Å². The molecule has 12 heavy (non-hydrogen) atoms. The highest BCUT2D eigenvalue weighted by Gasteiger charge is 2.21. The van der Waals surface area contributed by atoms with Gasteiger partial charge in [-0.25, -0.2) is 0 Å². The molecule has 0 bridgehead atoms.